The molecular formula is C7H20ClN3O. The van der Waals surface area contributed by atoms with Gasteiger partial charge in [-0.05, 0) is 38.9 Å². The predicted octanol–water partition coefficient (Wildman–Crippen LogP) is 0.106. The van der Waals surface area contributed by atoms with Crippen molar-refractivity contribution in [1.82, 2.24) is 10.8 Å². The van der Waals surface area contributed by atoms with Crippen LogP contribution in [0.5, 0.6) is 0 Å². The Bertz CT molecular complexity index is 67.7. The second-order valence-electron chi connectivity index (χ2n) is 2.51. The molecule has 0 amide bonds. The van der Waals surface area contributed by atoms with Crippen molar-refractivity contribution in [2.45, 2.75) is 19.3 Å². The molecule has 0 aliphatic rings. The van der Waals surface area contributed by atoms with E-state index >= 15 is 0 Å². The van der Waals surface area contributed by atoms with Gasteiger partial charge in [0.05, 0.1) is 0 Å². The molecular weight excluding hydrogens is 178 g/mol. The third-order valence-electron chi connectivity index (χ3n) is 1.45. The minimum Gasteiger partial charge on any atom is -0.330 e. The fraction of sp³-hybridized carbons (Fsp3) is 1.00. The number of hydroxylamine groups is 1. The fourth-order valence-electron chi connectivity index (χ4n) is 0.812. The Morgan fingerprint density at radius 1 is 1.00 bits per heavy atom. The molecule has 76 valence electrons. The van der Waals surface area contributed by atoms with Crippen LogP contribution in [0.3, 0.4) is 0 Å². The lowest BCUT2D eigenvalue weighted by atomic mass is 10.3. The molecule has 5 N–H and O–H groups in total. The van der Waals surface area contributed by atoms with Crippen molar-refractivity contribution in [1.29, 1.82) is 0 Å². The molecule has 0 radical (unpaired) electrons. The average Bonchev–Trinajstić information content (AvgIpc) is 2.03. The molecule has 5 heteroatoms. The molecule has 12 heavy (non-hydrogen) atoms. The highest BCUT2D eigenvalue weighted by Crippen LogP contribution is 1.82. The molecule has 0 saturated carbocycles. The molecule has 0 aromatic rings. The zero-order valence-electron chi connectivity index (χ0n) is 7.38. The third-order valence-corrected chi connectivity index (χ3v) is 1.45. The van der Waals surface area contributed by atoms with Gasteiger partial charge < -0.3 is 16.3 Å². The van der Waals surface area contributed by atoms with Gasteiger partial charge in [-0.25, -0.2) is 5.48 Å². The van der Waals surface area contributed by atoms with Gasteiger partial charge in [0.2, 0.25) is 0 Å². The summed E-state index contributed by atoms with van der Waals surface area (Å²) < 4.78 is 0. The van der Waals surface area contributed by atoms with Crippen molar-refractivity contribution in [3.05, 3.63) is 0 Å². The van der Waals surface area contributed by atoms with Crippen LogP contribution in [-0.4, -0.2) is 31.4 Å². The van der Waals surface area contributed by atoms with E-state index in [1.165, 1.54) is 0 Å². The first-order valence-electron chi connectivity index (χ1n) is 4.19. The topological polar surface area (TPSA) is 70.3 Å². The van der Waals surface area contributed by atoms with Crippen LogP contribution in [0.4, 0.5) is 0 Å². The van der Waals surface area contributed by atoms with Gasteiger partial charge in [0.25, 0.3) is 0 Å². The van der Waals surface area contributed by atoms with Gasteiger partial charge in [-0.3, -0.25) is 0 Å². The number of nitrogens with one attached hydrogen (secondary N) is 2. The standard InChI is InChI=1S/C7H19N3O.ClH/c8-4-1-2-5-9-6-3-7-10-11;/h9-11H,1-8H2;1H. The summed E-state index contributed by atoms with van der Waals surface area (Å²) >= 11 is 0. The summed E-state index contributed by atoms with van der Waals surface area (Å²) in [4.78, 5) is 0. The normalized spacial score (nSPS) is 9.50. The van der Waals surface area contributed by atoms with E-state index in [9.17, 15) is 0 Å². The van der Waals surface area contributed by atoms with Crippen LogP contribution in [0.2, 0.25) is 0 Å². The molecule has 0 heterocycles. The first-order chi connectivity index (χ1) is 5.41. The molecule has 0 saturated heterocycles. The highest BCUT2D eigenvalue weighted by Gasteiger charge is 1.87. The van der Waals surface area contributed by atoms with Crippen LogP contribution in [0.1, 0.15) is 19.3 Å². The van der Waals surface area contributed by atoms with Crippen LogP contribution >= 0.6 is 12.4 Å². The molecule has 4 nitrogen and oxygen atoms in total. The summed E-state index contributed by atoms with van der Waals surface area (Å²) in [6, 6.07) is 0. The van der Waals surface area contributed by atoms with E-state index in [1.807, 2.05) is 0 Å². The minimum atomic E-state index is 0. The van der Waals surface area contributed by atoms with Gasteiger partial charge in [0.1, 0.15) is 0 Å². The summed E-state index contributed by atoms with van der Waals surface area (Å²) in [5.41, 5.74) is 7.43. The zero-order valence-corrected chi connectivity index (χ0v) is 8.20. The van der Waals surface area contributed by atoms with Crippen LogP contribution in [0.25, 0.3) is 0 Å². The molecule has 0 unspecified atom stereocenters. The second kappa shape index (κ2) is 13.7. The Balaban J connectivity index is 0. The largest absolute Gasteiger partial charge is 0.330 e. The first kappa shape index (κ1) is 14.6. The maximum atomic E-state index is 8.21. The van der Waals surface area contributed by atoms with Gasteiger partial charge >= 0.3 is 0 Å². The lowest BCUT2D eigenvalue weighted by Crippen LogP contribution is -2.21. The van der Waals surface area contributed by atoms with E-state index in [-0.39, 0.29) is 12.4 Å². The molecule has 0 aromatic carbocycles. The summed E-state index contributed by atoms with van der Waals surface area (Å²) in [6.07, 6.45) is 3.19. The number of hydrogen-bond donors (Lipinski definition) is 4. The van der Waals surface area contributed by atoms with E-state index in [2.05, 4.69) is 10.8 Å². The Labute approximate surface area is 80.3 Å². The van der Waals surface area contributed by atoms with Crippen molar-refractivity contribution in [2.24, 2.45) is 5.73 Å². The van der Waals surface area contributed by atoms with Crippen LogP contribution < -0.4 is 16.5 Å². The van der Waals surface area contributed by atoms with E-state index < -0.39 is 0 Å². The maximum absolute atomic E-state index is 8.21. The van der Waals surface area contributed by atoms with Crippen molar-refractivity contribution >= 4 is 12.4 Å². The Hall–Kier alpha value is 0.130. The van der Waals surface area contributed by atoms with Gasteiger partial charge in [0.15, 0.2) is 0 Å². The molecule has 0 bridgehead atoms. The summed E-state index contributed by atoms with van der Waals surface area (Å²) in [5.74, 6) is 0. The van der Waals surface area contributed by atoms with Crippen LogP contribution in [-0.2, 0) is 0 Å². The number of rotatable bonds is 8. The fourth-order valence-corrected chi connectivity index (χ4v) is 0.812. The number of unbranched alkanes of at least 4 members (excludes halogenated alkanes) is 1. The van der Waals surface area contributed by atoms with Crippen molar-refractivity contribution < 1.29 is 5.21 Å². The minimum absolute atomic E-state index is 0. The van der Waals surface area contributed by atoms with Gasteiger partial charge in [-0.1, -0.05) is 0 Å². The van der Waals surface area contributed by atoms with E-state index in [1.54, 1.807) is 0 Å². The zero-order chi connectivity index (χ0) is 8.36. The lowest BCUT2D eigenvalue weighted by molar-refractivity contribution is 0.165. The summed E-state index contributed by atoms with van der Waals surface area (Å²) in [7, 11) is 0. The SMILES string of the molecule is Cl.NCCCCNCCCNO. The Kier molecular flexibility index (Phi) is 16.7. The molecule has 0 spiro atoms. The Morgan fingerprint density at radius 3 is 2.25 bits per heavy atom. The average molecular weight is 198 g/mol. The predicted molar refractivity (Wildman–Crippen MR) is 52.8 cm³/mol. The lowest BCUT2D eigenvalue weighted by Gasteiger charge is -2.02. The Morgan fingerprint density at radius 2 is 1.67 bits per heavy atom. The summed E-state index contributed by atoms with van der Waals surface area (Å²) in [5, 5.41) is 11.5. The number of hydrogen-bond acceptors (Lipinski definition) is 4. The second-order valence-corrected chi connectivity index (χ2v) is 2.51. The smallest absolute Gasteiger partial charge is 0.0219 e. The van der Waals surface area contributed by atoms with Gasteiger partial charge in [0, 0.05) is 6.54 Å². The third kappa shape index (κ3) is 12.8. The molecule has 0 aliphatic heterocycles. The van der Waals surface area contributed by atoms with Crippen molar-refractivity contribution in [2.75, 3.05) is 26.2 Å². The molecule has 0 aliphatic carbocycles. The number of nitrogens with two attached hydrogens (primary N) is 1. The van der Waals surface area contributed by atoms with Crippen molar-refractivity contribution in [3.8, 4) is 0 Å². The maximum Gasteiger partial charge on any atom is 0.0219 e. The van der Waals surface area contributed by atoms with E-state index in [4.69, 9.17) is 10.9 Å². The van der Waals surface area contributed by atoms with Crippen molar-refractivity contribution in [3.63, 3.8) is 0 Å². The quantitative estimate of drug-likeness (QED) is 0.329. The highest BCUT2D eigenvalue weighted by molar-refractivity contribution is 5.85. The molecule has 0 fully saturated rings. The monoisotopic (exact) mass is 197 g/mol. The van der Waals surface area contributed by atoms with E-state index in [0.717, 1.165) is 38.9 Å². The van der Waals surface area contributed by atoms with Crippen LogP contribution in [0, 0.1) is 0 Å². The molecule has 0 aromatic heterocycles. The van der Waals surface area contributed by atoms with Crippen LogP contribution in [0.15, 0.2) is 0 Å². The summed E-state index contributed by atoms with van der Waals surface area (Å²) in [6.45, 7) is 3.42. The van der Waals surface area contributed by atoms with Gasteiger partial charge in [-0.15, -0.1) is 12.4 Å². The van der Waals surface area contributed by atoms with E-state index in [0.29, 0.717) is 6.54 Å². The van der Waals surface area contributed by atoms with Gasteiger partial charge in [-0.2, -0.15) is 0 Å². The molecule has 0 atom stereocenters. The first-order valence-corrected chi connectivity index (χ1v) is 4.19. The molecule has 0 rings (SSSR count). The number of halogens is 1. The highest BCUT2D eigenvalue weighted by atomic mass is 35.5.